The summed E-state index contributed by atoms with van der Waals surface area (Å²) >= 11 is 0. The van der Waals surface area contributed by atoms with Crippen molar-refractivity contribution in [1.29, 1.82) is 0 Å². The van der Waals surface area contributed by atoms with E-state index in [9.17, 15) is 14.4 Å². The van der Waals surface area contributed by atoms with Crippen LogP contribution >= 0.6 is 24.8 Å². The van der Waals surface area contributed by atoms with Gasteiger partial charge in [0.1, 0.15) is 0 Å². The Labute approximate surface area is 259 Å². The van der Waals surface area contributed by atoms with Crippen LogP contribution in [0.25, 0.3) is 11.5 Å². The molecule has 0 spiro atoms. The Morgan fingerprint density at radius 1 is 1.05 bits per heavy atom. The van der Waals surface area contributed by atoms with Crippen molar-refractivity contribution in [2.75, 3.05) is 38.1 Å². The minimum atomic E-state index is -0.503. The normalized spacial score (nSPS) is 12.4. The Morgan fingerprint density at radius 2 is 1.69 bits per heavy atom. The number of aromatic nitrogens is 2. The summed E-state index contributed by atoms with van der Waals surface area (Å²) in [6.45, 7) is 10.7. The molecule has 1 aliphatic heterocycles. The average molecular weight is 623 g/mol. The average Bonchev–Trinajstić information content (AvgIpc) is 3.54. The van der Waals surface area contributed by atoms with Gasteiger partial charge < -0.3 is 14.6 Å². The van der Waals surface area contributed by atoms with Crippen LogP contribution in [0.5, 0.6) is 0 Å². The molecule has 0 unspecified atom stereocenters. The molecule has 2 amide bonds. The first-order chi connectivity index (χ1) is 19.2. The molecule has 13 heteroatoms. The first kappa shape index (κ1) is 35.0. The van der Waals surface area contributed by atoms with Crippen molar-refractivity contribution in [3.63, 3.8) is 0 Å². The number of anilines is 1. The van der Waals surface area contributed by atoms with Gasteiger partial charge in [0.2, 0.25) is 11.8 Å². The molecule has 0 atom stereocenters. The predicted octanol–water partition coefficient (Wildman–Crippen LogP) is 2.99. The summed E-state index contributed by atoms with van der Waals surface area (Å²) in [5, 5.41) is 14.2. The highest BCUT2D eigenvalue weighted by Gasteiger charge is 2.25. The molecule has 1 aliphatic rings. The van der Waals surface area contributed by atoms with Crippen molar-refractivity contribution < 1.29 is 14.0 Å². The molecule has 1 aromatic heterocycles. The summed E-state index contributed by atoms with van der Waals surface area (Å²) in [6.07, 6.45) is 0. The highest BCUT2D eigenvalue weighted by Crippen LogP contribution is 2.26. The van der Waals surface area contributed by atoms with Crippen LogP contribution in [0.1, 0.15) is 37.5 Å². The number of carbonyl (C=O) groups excluding carboxylic acids is 2. The van der Waals surface area contributed by atoms with E-state index in [4.69, 9.17) is 4.42 Å². The molecule has 2 aromatic carbocycles. The van der Waals surface area contributed by atoms with Crippen molar-refractivity contribution in [3.8, 4) is 11.5 Å². The van der Waals surface area contributed by atoms with E-state index in [-0.39, 0.29) is 61.7 Å². The molecule has 0 aliphatic carbocycles. The molecule has 2 N–H and O–H groups in total. The van der Waals surface area contributed by atoms with Gasteiger partial charge in [-0.2, -0.15) is 4.68 Å². The number of rotatable bonds is 12. The fraction of sp³-hybridized carbons (Fsp3) is 0.448. The summed E-state index contributed by atoms with van der Waals surface area (Å²) in [5.74, 6) is -0.517. The second kappa shape index (κ2) is 15.9. The predicted molar refractivity (Wildman–Crippen MR) is 168 cm³/mol. The van der Waals surface area contributed by atoms with Crippen LogP contribution in [0.3, 0.4) is 0 Å². The van der Waals surface area contributed by atoms with E-state index in [1.54, 1.807) is 23.0 Å². The highest BCUT2D eigenvalue weighted by molar-refractivity contribution is 5.96. The highest BCUT2D eigenvalue weighted by atomic mass is 35.5. The van der Waals surface area contributed by atoms with E-state index < -0.39 is 5.76 Å². The Kier molecular flexibility index (Phi) is 13.2. The quantitative estimate of drug-likeness (QED) is 0.317. The van der Waals surface area contributed by atoms with Crippen molar-refractivity contribution in [2.24, 2.45) is 0 Å². The van der Waals surface area contributed by atoms with Gasteiger partial charge in [-0.1, -0.05) is 38.1 Å². The van der Waals surface area contributed by atoms with Crippen LogP contribution in [0, 0.1) is 6.92 Å². The first-order valence-electron chi connectivity index (χ1n) is 13.7. The number of carbonyl (C=O) groups is 2. The largest absolute Gasteiger partial charge is 0.437 e. The van der Waals surface area contributed by atoms with Crippen LogP contribution in [0.4, 0.5) is 5.69 Å². The standard InChI is InChI=1S/C29H39N7O4.2ClH/c1-6-36-29(39)40-28(32-36)22-11-12-25(21(4)15-22)35(14-13-31-20(2)3)27(38)17-30-16-26(37)33(5)34-18-23-9-7-8-10-24(23)19-34;;/h7-12,15,20,30-31H,6,13-14,16-19H2,1-5H3;2*1H. The van der Waals surface area contributed by atoms with E-state index in [0.29, 0.717) is 38.3 Å². The molecule has 11 nitrogen and oxygen atoms in total. The number of likely N-dealkylation sites (N-methyl/N-ethyl adjacent to an activating group) is 1. The zero-order valence-corrected chi connectivity index (χ0v) is 26.4. The Hall–Kier alpha value is -3.22. The number of hydrazine groups is 1. The summed E-state index contributed by atoms with van der Waals surface area (Å²) in [6, 6.07) is 13.9. The molecule has 0 fully saturated rings. The van der Waals surface area contributed by atoms with E-state index in [0.717, 1.165) is 11.3 Å². The maximum atomic E-state index is 13.4. The maximum Gasteiger partial charge on any atom is 0.437 e. The zero-order valence-electron chi connectivity index (χ0n) is 24.8. The molecular formula is C29H41Cl2N7O4. The van der Waals surface area contributed by atoms with Crippen molar-refractivity contribution in [3.05, 3.63) is 69.7 Å². The van der Waals surface area contributed by atoms with Gasteiger partial charge in [0, 0.05) is 57.1 Å². The smallest absolute Gasteiger partial charge is 0.388 e. The lowest BCUT2D eigenvalue weighted by Gasteiger charge is -2.28. The van der Waals surface area contributed by atoms with Crippen molar-refractivity contribution in [1.82, 2.24) is 30.4 Å². The van der Waals surface area contributed by atoms with Crippen LogP contribution in [-0.4, -0.2) is 70.9 Å². The number of hydrogen-bond acceptors (Lipinski definition) is 8. The van der Waals surface area contributed by atoms with Gasteiger partial charge in [-0.25, -0.2) is 9.80 Å². The number of nitrogens with one attached hydrogen (secondary N) is 2. The molecule has 0 bridgehead atoms. The third kappa shape index (κ3) is 8.42. The number of nitrogens with zero attached hydrogens (tertiary/aromatic N) is 5. The van der Waals surface area contributed by atoms with Gasteiger partial charge in [0.05, 0.1) is 13.1 Å². The Balaban J connectivity index is 0.00000308. The maximum absolute atomic E-state index is 13.4. The Morgan fingerprint density at radius 3 is 2.26 bits per heavy atom. The second-order valence-electron chi connectivity index (χ2n) is 10.3. The van der Waals surface area contributed by atoms with E-state index in [1.807, 2.05) is 43.1 Å². The minimum Gasteiger partial charge on any atom is -0.388 e. The number of halogens is 2. The molecule has 0 radical (unpaired) electrons. The minimum absolute atomic E-state index is 0. The van der Waals surface area contributed by atoms with Gasteiger partial charge in [-0.3, -0.25) is 19.9 Å². The lowest BCUT2D eigenvalue weighted by atomic mass is 10.1. The summed E-state index contributed by atoms with van der Waals surface area (Å²) in [4.78, 5) is 39.9. The summed E-state index contributed by atoms with van der Waals surface area (Å²) < 4.78 is 6.55. The first-order valence-corrected chi connectivity index (χ1v) is 13.7. The number of amides is 2. The number of fused-ring (bicyclic) bond motifs is 1. The van der Waals surface area contributed by atoms with Crippen LogP contribution in [0.15, 0.2) is 51.7 Å². The Bertz CT molecular complexity index is 1380. The van der Waals surface area contributed by atoms with Crippen molar-refractivity contribution >= 4 is 42.3 Å². The van der Waals surface area contributed by atoms with Crippen LogP contribution < -0.4 is 21.3 Å². The van der Waals surface area contributed by atoms with Crippen LogP contribution in [0.2, 0.25) is 0 Å². The lowest BCUT2D eigenvalue weighted by molar-refractivity contribution is -0.145. The molecule has 42 heavy (non-hydrogen) atoms. The summed E-state index contributed by atoms with van der Waals surface area (Å²) in [7, 11) is 1.76. The molecule has 0 saturated carbocycles. The van der Waals surface area contributed by atoms with Gasteiger partial charge in [-0.15, -0.1) is 29.9 Å². The van der Waals surface area contributed by atoms with Gasteiger partial charge in [0.15, 0.2) is 0 Å². The number of benzene rings is 2. The van der Waals surface area contributed by atoms with Crippen LogP contribution in [-0.2, 0) is 29.2 Å². The molecule has 4 rings (SSSR count). The molecule has 230 valence electrons. The molecular weight excluding hydrogens is 581 g/mol. The van der Waals surface area contributed by atoms with E-state index in [1.165, 1.54) is 15.8 Å². The van der Waals surface area contributed by atoms with Gasteiger partial charge in [0.25, 0.3) is 5.91 Å². The third-order valence-corrected chi connectivity index (χ3v) is 6.99. The lowest BCUT2D eigenvalue weighted by Crippen LogP contribution is -2.47. The topological polar surface area (TPSA) is 116 Å². The fourth-order valence-corrected chi connectivity index (χ4v) is 4.73. The third-order valence-electron chi connectivity index (χ3n) is 6.99. The van der Waals surface area contributed by atoms with Crippen molar-refractivity contribution in [2.45, 2.75) is 53.4 Å². The SMILES string of the molecule is CCn1nc(-c2ccc(N(CCNC(C)C)C(=O)CNCC(=O)N(C)N3Cc4ccccc4C3)c(C)c2)oc1=O.Cl.Cl. The summed E-state index contributed by atoms with van der Waals surface area (Å²) in [5.41, 5.74) is 4.69. The fourth-order valence-electron chi connectivity index (χ4n) is 4.73. The molecule has 0 saturated heterocycles. The van der Waals surface area contributed by atoms with Gasteiger partial charge in [-0.05, 0) is 48.7 Å². The van der Waals surface area contributed by atoms with Gasteiger partial charge >= 0.3 is 5.76 Å². The molecule has 2 heterocycles. The number of aryl methyl sites for hydroxylation is 2. The monoisotopic (exact) mass is 621 g/mol. The zero-order chi connectivity index (χ0) is 28.8. The molecule has 3 aromatic rings. The second-order valence-corrected chi connectivity index (χ2v) is 10.3. The number of hydrogen-bond donors (Lipinski definition) is 2. The van der Waals surface area contributed by atoms with E-state index in [2.05, 4.69) is 41.7 Å². The van der Waals surface area contributed by atoms with E-state index >= 15 is 0 Å².